The smallest absolute Gasteiger partial charge is 0.492 e. The topological polar surface area (TPSA) is 62.8 Å². The van der Waals surface area contributed by atoms with Gasteiger partial charge in [-0.25, -0.2) is 0 Å². The lowest BCUT2D eigenvalue weighted by Crippen LogP contribution is -2.31. The molecule has 3 aromatic rings. The van der Waals surface area contributed by atoms with E-state index in [0.29, 0.717) is 16.8 Å². The SMILES string of the molecule is COc1cc2c(cc1B(O)O)oc1ccccc12. The molecule has 2 aromatic carbocycles. The molecule has 0 saturated heterocycles. The van der Waals surface area contributed by atoms with E-state index in [1.807, 2.05) is 24.3 Å². The number of para-hydroxylation sites is 1. The van der Waals surface area contributed by atoms with Gasteiger partial charge in [0.2, 0.25) is 0 Å². The first-order chi connectivity index (χ1) is 8.70. The Morgan fingerprint density at radius 1 is 1.06 bits per heavy atom. The van der Waals surface area contributed by atoms with Crippen LogP contribution in [0.25, 0.3) is 21.9 Å². The minimum atomic E-state index is -1.59. The van der Waals surface area contributed by atoms with Crippen molar-refractivity contribution in [2.45, 2.75) is 0 Å². The summed E-state index contributed by atoms with van der Waals surface area (Å²) >= 11 is 0. The molecule has 4 nitrogen and oxygen atoms in total. The Kier molecular flexibility index (Phi) is 2.50. The number of methoxy groups -OCH3 is 1. The third-order valence-electron chi connectivity index (χ3n) is 3.01. The van der Waals surface area contributed by atoms with Crippen molar-refractivity contribution in [1.82, 2.24) is 0 Å². The third kappa shape index (κ3) is 1.56. The lowest BCUT2D eigenvalue weighted by atomic mass is 9.79. The van der Waals surface area contributed by atoms with Gasteiger partial charge in [0.15, 0.2) is 0 Å². The molecule has 0 aliphatic rings. The Hall–Kier alpha value is -1.98. The molecule has 0 atom stereocenters. The number of ether oxygens (including phenoxy) is 1. The van der Waals surface area contributed by atoms with Crippen LogP contribution in [0.1, 0.15) is 0 Å². The van der Waals surface area contributed by atoms with Gasteiger partial charge in [-0.1, -0.05) is 18.2 Å². The third-order valence-corrected chi connectivity index (χ3v) is 3.01. The summed E-state index contributed by atoms with van der Waals surface area (Å²) in [5, 5.41) is 20.5. The zero-order valence-corrected chi connectivity index (χ0v) is 9.75. The molecular weight excluding hydrogens is 231 g/mol. The molecule has 18 heavy (non-hydrogen) atoms. The molecular formula is C13H11BO4. The lowest BCUT2D eigenvalue weighted by Gasteiger charge is -2.07. The highest BCUT2D eigenvalue weighted by Crippen LogP contribution is 2.30. The van der Waals surface area contributed by atoms with E-state index in [2.05, 4.69) is 0 Å². The maximum atomic E-state index is 9.30. The highest BCUT2D eigenvalue weighted by Gasteiger charge is 2.20. The van der Waals surface area contributed by atoms with Gasteiger partial charge < -0.3 is 19.2 Å². The van der Waals surface area contributed by atoms with E-state index >= 15 is 0 Å². The molecule has 0 unspecified atom stereocenters. The molecule has 0 saturated carbocycles. The van der Waals surface area contributed by atoms with Crippen molar-refractivity contribution in [2.24, 2.45) is 0 Å². The summed E-state index contributed by atoms with van der Waals surface area (Å²) in [4.78, 5) is 0. The fourth-order valence-corrected chi connectivity index (χ4v) is 2.15. The second-order valence-electron chi connectivity index (χ2n) is 4.06. The molecule has 0 amide bonds. The Bertz CT molecular complexity index is 717. The van der Waals surface area contributed by atoms with Crippen molar-refractivity contribution < 1.29 is 19.2 Å². The van der Waals surface area contributed by atoms with Gasteiger partial charge in [-0.3, -0.25) is 0 Å². The van der Waals surface area contributed by atoms with Crippen LogP contribution < -0.4 is 10.2 Å². The van der Waals surface area contributed by atoms with E-state index in [0.717, 1.165) is 16.4 Å². The van der Waals surface area contributed by atoms with Gasteiger partial charge in [0, 0.05) is 16.2 Å². The number of hydrogen-bond donors (Lipinski definition) is 2. The number of benzene rings is 2. The van der Waals surface area contributed by atoms with Crippen molar-refractivity contribution in [3.05, 3.63) is 36.4 Å². The number of rotatable bonds is 2. The lowest BCUT2D eigenvalue weighted by molar-refractivity contribution is 0.403. The molecule has 0 fully saturated rings. The first-order valence-electron chi connectivity index (χ1n) is 5.56. The second kappa shape index (κ2) is 4.05. The van der Waals surface area contributed by atoms with Gasteiger partial charge in [0.1, 0.15) is 16.9 Å². The van der Waals surface area contributed by atoms with E-state index in [-0.39, 0.29) is 0 Å². The van der Waals surface area contributed by atoms with Crippen LogP contribution in [0, 0.1) is 0 Å². The summed E-state index contributed by atoms with van der Waals surface area (Å²) < 4.78 is 10.8. The maximum Gasteiger partial charge on any atom is 0.492 e. The molecule has 2 N–H and O–H groups in total. The Morgan fingerprint density at radius 3 is 2.56 bits per heavy atom. The van der Waals surface area contributed by atoms with Crippen molar-refractivity contribution in [1.29, 1.82) is 0 Å². The van der Waals surface area contributed by atoms with Crippen LogP contribution in [0.4, 0.5) is 0 Å². The monoisotopic (exact) mass is 242 g/mol. The van der Waals surface area contributed by atoms with Gasteiger partial charge in [0.25, 0.3) is 0 Å². The fraction of sp³-hybridized carbons (Fsp3) is 0.0769. The number of hydrogen-bond acceptors (Lipinski definition) is 4. The Labute approximate surface area is 104 Å². The van der Waals surface area contributed by atoms with Crippen molar-refractivity contribution >= 4 is 34.5 Å². The van der Waals surface area contributed by atoms with E-state index in [9.17, 15) is 10.0 Å². The molecule has 3 rings (SSSR count). The largest absolute Gasteiger partial charge is 0.497 e. The van der Waals surface area contributed by atoms with E-state index in [4.69, 9.17) is 9.15 Å². The van der Waals surface area contributed by atoms with Gasteiger partial charge in [-0.15, -0.1) is 0 Å². The molecule has 90 valence electrons. The van der Waals surface area contributed by atoms with E-state index in [1.165, 1.54) is 7.11 Å². The molecule has 5 heteroatoms. The summed E-state index contributed by atoms with van der Waals surface area (Å²) in [6.45, 7) is 0. The minimum Gasteiger partial charge on any atom is -0.497 e. The van der Waals surface area contributed by atoms with Gasteiger partial charge in [-0.05, 0) is 18.2 Å². The zero-order chi connectivity index (χ0) is 12.7. The highest BCUT2D eigenvalue weighted by molar-refractivity contribution is 6.60. The zero-order valence-electron chi connectivity index (χ0n) is 9.75. The standard InChI is InChI=1S/C13H11BO4/c1-17-13-6-9-8-4-2-3-5-11(8)18-12(9)7-10(13)14(15)16/h2-7,15-16H,1H3. The predicted molar refractivity (Wildman–Crippen MR) is 70.1 cm³/mol. The first kappa shape index (κ1) is 11.1. The van der Waals surface area contributed by atoms with Crippen LogP contribution >= 0.6 is 0 Å². The molecule has 1 aromatic heterocycles. The highest BCUT2D eigenvalue weighted by atomic mass is 16.5. The van der Waals surface area contributed by atoms with Crippen LogP contribution in [-0.4, -0.2) is 24.3 Å². The number of fused-ring (bicyclic) bond motifs is 3. The van der Waals surface area contributed by atoms with Crippen LogP contribution in [0.2, 0.25) is 0 Å². The average Bonchev–Trinajstić information content (AvgIpc) is 2.74. The fourth-order valence-electron chi connectivity index (χ4n) is 2.15. The summed E-state index contributed by atoms with van der Waals surface area (Å²) in [6.07, 6.45) is 0. The Balaban J connectivity index is 2.39. The molecule has 1 heterocycles. The molecule has 0 spiro atoms. The predicted octanol–water partition coefficient (Wildman–Crippen LogP) is 1.27. The van der Waals surface area contributed by atoms with Crippen LogP contribution in [0.3, 0.4) is 0 Å². The minimum absolute atomic E-state index is 0.295. The van der Waals surface area contributed by atoms with Crippen molar-refractivity contribution in [3.8, 4) is 5.75 Å². The Morgan fingerprint density at radius 2 is 1.83 bits per heavy atom. The molecule has 0 aliphatic carbocycles. The quantitative estimate of drug-likeness (QED) is 0.664. The molecule has 0 aliphatic heterocycles. The summed E-state index contributed by atoms with van der Waals surface area (Å²) in [6, 6.07) is 11.0. The van der Waals surface area contributed by atoms with Crippen molar-refractivity contribution in [2.75, 3.05) is 7.11 Å². The first-order valence-corrected chi connectivity index (χ1v) is 5.56. The maximum absolute atomic E-state index is 9.30. The van der Waals surface area contributed by atoms with E-state index < -0.39 is 7.12 Å². The summed E-state index contributed by atoms with van der Waals surface area (Å²) in [5.41, 5.74) is 1.67. The second-order valence-corrected chi connectivity index (χ2v) is 4.06. The number of furan rings is 1. The van der Waals surface area contributed by atoms with Gasteiger partial charge >= 0.3 is 7.12 Å². The van der Waals surface area contributed by atoms with Gasteiger partial charge in [0.05, 0.1) is 7.11 Å². The average molecular weight is 242 g/mol. The van der Waals surface area contributed by atoms with Crippen LogP contribution in [0.15, 0.2) is 40.8 Å². The molecule has 0 radical (unpaired) electrons. The van der Waals surface area contributed by atoms with Crippen molar-refractivity contribution in [3.63, 3.8) is 0 Å². The van der Waals surface area contributed by atoms with E-state index in [1.54, 1.807) is 12.1 Å². The summed E-state index contributed by atoms with van der Waals surface area (Å²) in [7, 11) is -0.0902. The summed E-state index contributed by atoms with van der Waals surface area (Å²) in [5.74, 6) is 0.434. The molecule has 0 bridgehead atoms. The normalized spacial score (nSPS) is 11.1. The van der Waals surface area contributed by atoms with Crippen LogP contribution in [-0.2, 0) is 0 Å². The van der Waals surface area contributed by atoms with Gasteiger partial charge in [-0.2, -0.15) is 0 Å². The van der Waals surface area contributed by atoms with Crippen LogP contribution in [0.5, 0.6) is 5.75 Å².